The summed E-state index contributed by atoms with van der Waals surface area (Å²) >= 11 is 5.89. The first-order chi connectivity index (χ1) is 8.22. The molecule has 17 heavy (non-hydrogen) atoms. The number of fused-ring (bicyclic) bond motifs is 1. The van der Waals surface area contributed by atoms with Crippen molar-refractivity contribution in [2.75, 3.05) is 20.3 Å². The van der Waals surface area contributed by atoms with Crippen molar-refractivity contribution in [2.24, 2.45) is 0 Å². The molecule has 0 spiro atoms. The van der Waals surface area contributed by atoms with Gasteiger partial charge in [0.15, 0.2) is 11.5 Å². The average Bonchev–Trinajstić information content (AvgIpc) is 2.31. The second-order valence-electron chi connectivity index (χ2n) is 3.34. The molecule has 0 atom stereocenters. The van der Waals surface area contributed by atoms with Crippen LogP contribution in [0.3, 0.4) is 0 Å². The molecule has 0 aliphatic heterocycles. The lowest BCUT2D eigenvalue weighted by atomic mass is 10.2. The lowest BCUT2D eigenvalue weighted by Crippen LogP contribution is -2.04. The molecule has 0 amide bonds. The number of hydrogen-bond donors (Lipinski definition) is 1. The number of phenolic OH excluding ortho intramolecular Hbond substituents is 1. The Bertz CT molecular complexity index is 533. The number of benzene rings is 1. The normalized spacial score (nSPS) is 10.7. The fourth-order valence-electron chi connectivity index (χ4n) is 1.39. The molecule has 0 bridgehead atoms. The average molecular weight is 255 g/mol. The van der Waals surface area contributed by atoms with Crippen LogP contribution in [0.15, 0.2) is 18.5 Å². The van der Waals surface area contributed by atoms with Gasteiger partial charge in [0, 0.05) is 18.6 Å². The van der Waals surface area contributed by atoms with Crippen molar-refractivity contribution in [3.8, 4) is 11.5 Å². The van der Waals surface area contributed by atoms with E-state index in [4.69, 9.17) is 21.1 Å². The predicted molar refractivity (Wildman–Crippen MR) is 63.6 cm³/mol. The van der Waals surface area contributed by atoms with Crippen LogP contribution in [0.25, 0.3) is 10.9 Å². The maximum atomic E-state index is 9.75. The first kappa shape index (κ1) is 11.9. The largest absolute Gasteiger partial charge is 0.504 e. The molecule has 0 unspecified atom stereocenters. The molecule has 0 saturated heterocycles. The van der Waals surface area contributed by atoms with Crippen molar-refractivity contribution in [3.05, 3.63) is 23.6 Å². The maximum absolute atomic E-state index is 9.75. The SMILES string of the molecule is COCCOc1cc2ncnc(Cl)c2cc1O. The topological polar surface area (TPSA) is 64.5 Å². The number of aromatic nitrogens is 2. The van der Waals surface area contributed by atoms with Gasteiger partial charge in [-0.05, 0) is 6.07 Å². The van der Waals surface area contributed by atoms with E-state index in [-0.39, 0.29) is 5.75 Å². The fourth-order valence-corrected chi connectivity index (χ4v) is 1.59. The minimum Gasteiger partial charge on any atom is -0.504 e. The molecule has 2 rings (SSSR count). The Morgan fingerprint density at radius 3 is 2.88 bits per heavy atom. The molecule has 1 aromatic carbocycles. The first-order valence-corrected chi connectivity index (χ1v) is 5.35. The Labute approximate surface area is 103 Å². The Balaban J connectivity index is 2.35. The third-order valence-corrected chi connectivity index (χ3v) is 2.51. The van der Waals surface area contributed by atoms with E-state index < -0.39 is 0 Å². The van der Waals surface area contributed by atoms with Crippen LogP contribution < -0.4 is 4.74 Å². The standard InChI is InChI=1S/C11H11ClN2O3/c1-16-2-3-17-10-5-8-7(4-9(10)15)11(12)14-6-13-8/h4-6,15H,2-3H2,1H3. The molecule has 0 saturated carbocycles. The lowest BCUT2D eigenvalue weighted by molar-refractivity contribution is 0.144. The Morgan fingerprint density at radius 2 is 2.12 bits per heavy atom. The molecule has 1 aromatic heterocycles. The number of hydrogen-bond acceptors (Lipinski definition) is 5. The van der Waals surface area contributed by atoms with E-state index >= 15 is 0 Å². The van der Waals surface area contributed by atoms with Crippen molar-refractivity contribution in [1.82, 2.24) is 9.97 Å². The van der Waals surface area contributed by atoms with Crippen molar-refractivity contribution >= 4 is 22.5 Å². The fraction of sp³-hybridized carbons (Fsp3) is 0.273. The van der Waals surface area contributed by atoms with Crippen molar-refractivity contribution in [1.29, 1.82) is 0 Å². The number of methoxy groups -OCH3 is 1. The Kier molecular flexibility index (Phi) is 3.61. The summed E-state index contributed by atoms with van der Waals surface area (Å²) in [6, 6.07) is 3.10. The van der Waals surface area contributed by atoms with Gasteiger partial charge in [-0.25, -0.2) is 9.97 Å². The zero-order chi connectivity index (χ0) is 12.3. The van der Waals surface area contributed by atoms with Gasteiger partial charge in [-0.2, -0.15) is 0 Å². The number of halogens is 1. The highest BCUT2D eigenvalue weighted by Crippen LogP contribution is 2.32. The molecular formula is C11H11ClN2O3. The van der Waals surface area contributed by atoms with E-state index in [0.29, 0.717) is 35.0 Å². The van der Waals surface area contributed by atoms with Crippen LogP contribution in [-0.4, -0.2) is 35.4 Å². The van der Waals surface area contributed by atoms with Crippen LogP contribution in [0.2, 0.25) is 5.15 Å². The molecule has 0 aliphatic carbocycles. The van der Waals surface area contributed by atoms with Crippen LogP contribution >= 0.6 is 11.6 Å². The number of phenols is 1. The number of ether oxygens (including phenoxy) is 2. The summed E-state index contributed by atoms with van der Waals surface area (Å²) in [4.78, 5) is 7.89. The van der Waals surface area contributed by atoms with E-state index in [1.165, 1.54) is 12.4 Å². The summed E-state index contributed by atoms with van der Waals surface area (Å²) in [5.41, 5.74) is 0.621. The molecule has 5 nitrogen and oxygen atoms in total. The molecule has 1 heterocycles. The van der Waals surface area contributed by atoms with Crippen molar-refractivity contribution in [2.45, 2.75) is 0 Å². The monoisotopic (exact) mass is 254 g/mol. The van der Waals surface area contributed by atoms with Gasteiger partial charge in [0.25, 0.3) is 0 Å². The molecule has 0 aliphatic rings. The summed E-state index contributed by atoms with van der Waals surface area (Å²) in [5.74, 6) is 0.356. The highest BCUT2D eigenvalue weighted by atomic mass is 35.5. The van der Waals surface area contributed by atoms with Gasteiger partial charge >= 0.3 is 0 Å². The van der Waals surface area contributed by atoms with E-state index in [1.54, 1.807) is 13.2 Å². The summed E-state index contributed by atoms with van der Waals surface area (Å²) in [5, 5.41) is 10.6. The van der Waals surface area contributed by atoms with Crippen molar-refractivity contribution < 1.29 is 14.6 Å². The third-order valence-electron chi connectivity index (χ3n) is 2.21. The molecule has 90 valence electrons. The number of aromatic hydroxyl groups is 1. The highest BCUT2D eigenvalue weighted by Gasteiger charge is 2.08. The van der Waals surface area contributed by atoms with E-state index in [1.807, 2.05) is 0 Å². The third kappa shape index (κ3) is 2.57. The summed E-state index contributed by atoms with van der Waals surface area (Å²) in [7, 11) is 1.58. The quantitative estimate of drug-likeness (QED) is 0.668. The number of rotatable bonds is 4. The lowest BCUT2D eigenvalue weighted by Gasteiger charge is -2.08. The minimum atomic E-state index is 0.00491. The van der Waals surface area contributed by atoms with Gasteiger partial charge in [0.05, 0.1) is 12.1 Å². The molecule has 1 N–H and O–H groups in total. The van der Waals surface area contributed by atoms with Crippen LogP contribution in [0, 0.1) is 0 Å². The molecule has 6 heteroatoms. The molecule has 0 radical (unpaired) electrons. The van der Waals surface area contributed by atoms with Gasteiger partial charge in [0.2, 0.25) is 0 Å². The van der Waals surface area contributed by atoms with E-state index in [9.17, 15) is 5.11 Å². The highest BCUT2D eigenvalue weighted by molar-refractivity contribution is 6.34. The number of nitrogens with zero attached hydrogens (tertiary/aromatic N) is 2. The zero-order valence-corrected chi connectivity index (χ0v) is 9.94. The second kappa shape index (κ2) is 5.16. The summed E-state index contributed by atoms with van der Waals surface area (Å²) in [6.45, 7) is 0.802. The predicted octanol–water partition coefficient (Wildman–Crippen LogP) is 2.01. The van der Waals surface area contributed by atoms with Crippen LogP contribution in [0.1, 0.15) is 0 Å². The first-order valence-electron chi connectivity index (χ1n) is 4.97. The van der Waals surface area contributed by atoms with Crippen LogP contribution in [-0.2, 0) is 4.74 Å². The molecule has 2 aromatic rings. The Morgan fingerprint density at radius 1 is 1.29 bits per heavy atom. The molecular weight excluding hydrogens is 244 g/mol. The maximum Gasteiger partial charge on any atom is 0.163 e. The van der Waals surface area contributed by atoms with E-state index in [2.05, 4.69) is 9.97 Å². The van der Waals surface area contributed by atoms with E-state index in [0.717, 1.165) is 0 Å². The van der Waals surface area contributed by atoms with Gasteiger partial charge in [-0.3, -0.25) is 0 Å². The van der Waals surface area contributed by atoms with Crippen molar-refractivity contribution in [3.63, 3.8) is 0 Å². The Hall–Kier alpha value is -1.59. The van der Waals surface area contributed by atoms with Gasteiger partial charge in [-0.15, -0.1) is 0 Å². The zero-order valence-electron chi connectivity index (χ0n) is 9.18. The summed E-state index contributed by atoms with van der Waals surface area (Å²) < 4.78 is 10.2. The van der Waals surface area contributed by atoms with Crippen LogP contribution in [0.5, 0.6) is 11.5 Å². The van der Waals surface area contributed by atoms with Gasteiger partial charge < -0.3 is 14.6 Å². The second-order valence-corrected chi connectivity index (χ2v) is 3.70. The summed E-state index contributed by atoms with van der Waals surface area (Å²) in [6.07, 6.45) is 1.36. The minimum absolute atomic E-state index is 0.00491. The molecule has 0 fully saturated rings. The van der Waals surface area contributed by atoms with Crippen LogP contribution in [0.4, 0.5) is 0 Å². The van der Waals surface area contributed by atoms with Gasteiger partial charge in [-0.1, -0.05) is 11.6 Å². The van der Waals surface area contributed by atoms with Gasteiger partial charge in [0.1, 0.15) is 18.1 Å². The smallest absolute Gasteiger partial charge is 0.163 e.